The van der Waals surface area contributed by atoms with Crippen LogP contribution in [0.1, 0.15) is 28.2 Å². The fourth-order valence-corrected chi connectivity index (χ4v) is 1.73. The number of rotatable bonds is 6. The molecule has 0 aliphatic rings. The molecule has 1 heterocycles. The Kier molecular flexibility index (Phi) is 5.33. The SMILES string of the molecule is COCCN(CCC#N)C(=O)c1c(C)n[nH]c1C. The number of carbonyl (C=O) groups excluding carboxylic acids is 1. The molecule has 1 N–H and O–H groups in total. The molecule has 6 nitrogen and oxygen atoms in total. The first-order chi connectivity index (χ1) is 8.61. The van der Waals surface area contributed by atoms with Crippen molar-refractivity contribution in [1.82, 2.24) is 15.1 Å². The van der Waals surface area contributed by atoms with Gasteiger partial charge >= 0.3 is 0 Å². The van der Waals surface area contributed by atoms with Gasteiger partial charge in [-0.15, -0.1) is 0 Å². The summed E-state index contributed by atoms with van der Waals surface area (Å²) in [5.41, 5.74) is 2.01. The molecule has 0 fully saturated rings. The smallest absolute Gasteiger partial charge is 0.257 e. The number of aromatic nitrogens is 2. The van der Waals surface area contributed by atoms with Crippen LogP contribution in [0.2, 0.25) is 0 Å². The Bertz CT molecular complexity index is 428. The molecule has 0 saturated carbocycles. The van der Waals surface area contributed by atoms with Gasteiger partial charge in [0.15, 0.2) is 0 Å². The van der Waals surface area contributed by atoms with Crippen molar-refractivity contribution in [3.05, 3.63) is 17.0 Å². The third-order valence-corrected chi connectivity index (χ3v) is 2.69. The lowest BCUT2D eigenvalue weighted by atomic mass is 10.1. The summed E-state index contributed by atoms with van der Waals surface area (Å²) in [6.07, 6.45) is 0.311. The molecule has 0 aliphatic carbocycles. The number of amides is 1. The fourth-order valence-electron chi connectivity index (χ4n) is 1.73. The molecular formula is C12H18N4O2. The normalized spacial score (nSPS) is 10.1. The van der Waals surface area contributed by atoms with Crippen molar-refractivity contribution in [1.29, 1.82) is 5.26 Å². The Hall–Kier alpha value is -1.87. The number of H-pyrrole nitrogens is 1. The lowest BCUT2D eigenvalue weighted by Crippen LogP contribution is -2.35. The van der Waals surface area contributed by atoms with Crippen LogP contribution in [0.15, 0.2) is 0 Å². The Morgan fingerprint density at radius 3 is 2.72 bits per heavy atom. The van der Waals surface area contributed by atoms with E-state index in [1.54, 1.807) is 18.9 Å². The van der Waals surface area contributed by atoms with E-state index < -0.39 is 0 Å². The van der Waals surface area contributed by atoms with Gasteiger partial charge in [-0.1, -0.05) is 0 Å². The standard InChI is InChI=1S/C12H18N4O2/c1-9-11(10(2)15-14-9)12(17)16(6-4-5-13)7-8-18-3/h4,6-8H2,1-3H3,(H,14,15). The van der Waals surface area contributed by atoms with Gasteiger partial charge in [0.25, 0.3) is 5.91 Å². The summed E-state index contributed by atoms with van der Waals surface area (Å²) < 4.78 is 4.98. The largest absolute Gasteiger partial charge is 0.383 e. The van der Waals surface area contributed by atoms with Gasteiger partial charge in [0.05, 0.1) is 30.4 Å². The average Bonchev–Trinajstić information content (AvgIpc) is 2.68. The van der Waals surface area contributed by atoms with Gasteiger partial charge in [-0.3, -0.25) is 9.89 Å². The Labute approximate surface area is 107 Å². The highest BCUT2D eigenvalue weighted by Crippen LogP contribution is 2.13. The molecule has 0 spiro atoms. The van der Waals surface area contributed by atoms with Crippen LogP contribution >= 0.6 is 0 Å². The fraction of sp³-hybridized carbons (Fsp3) is 0.583. The van der Waals surface area contributed by atoms with Crippen LogP contribution in [-0.2, 0) is 4.74 Å². The lowest BCUT2D eigenvalue weighted by Gasteiger charge is -2.21. The van der Waals surface area contributed by atoms with E-state index in [0.29, 0.717) is 37.4 Å². The minimum atomic E-state index is -0.106. The first-order valence-corrected chi connectivity index (χ1v) is 5.78. The van der Waals surface area contributed by atoms with Crippen LogP contribution in [0.4, 0.5) is 0 Å². The van der Waals surface area contributed by atoms with Crippen molar-refractivity contribution in [2.45, 2.75) is 20.3 Å². The maximum absolute atomic E-state index is 12.4. The number of hydrogen-bond acceptors (Lipinski definition) is 4. The molecule has 1 aromatic heterocycles. The van der Waals surface area contributed by atoms with Crippen molar-refractivity contribution in [2.75, 3.05) is 26.8 Å². The predicted molar refractivity (Wildman–Crippen MR) is 66.1 cm³/mol. The second-order valence-electron chi connectivity index (χ2n) is 4.00. The zero-order chi connectivity index (χ0) is 13.5. The summed E-state index contributed by atoms with van der Waals surface area (Å²) in [5.74, 6) is -0.106. The molecule has 0 bridgehead atoms. The maximum atomic E-state index is 12.4. The van der Waals surface area contributed by atoms with E-state index in [-0.39, 0.29) is 5.91 Å². The van der Waals surface area contributed by atoms with Gasteiger partial charge in [0, 0.05) is 25.9 Å². The number of carbonyl (C=O) groups is 1. The Balaban J connectivity index is 2.84. The first kappa shape index (κ1) is 14.2. The summed E-state index contributed by atoms with van der Waals surface area (Å²) in [4.78, 5) is 14.0. The number of methoxy groups -OCH3 is 1. The van der Waals surface area contributed by atoms with Gasteiger partial charge in [0.2, 0.25) is 0 Å². The van der Waals surface area contributed by atoms with Crippen LogP contribution in [0.3, 0.4) is 0 Å². The van der Waals surface area contributed by atoms with E-state index in [0.717, 1.165) is 5.69 Å². The number of hydrogen-bond donors (Lipinski definition) is 1. The molecule has 1 aromatic rings. The van der Waals surface area contributed by atoms with Gasteiger partial charge < -0.3 is 9.64 Å². The lowest BCUT2D eigenvalue weighted by molar-refractivity contribution is 0.0698. The number of ether oxygens (including phenoxy) is 1. The predicted octanol–water partition coefficient (Wildman–Crippen LogP) is 1.03. The summed E-state index contributed by atoms with van der Waals surface area (Å²) in [5, 5.41) is 15.4. The van der Waals surface area contributed by atoms with Crippen LogP contribution < -0.4 is 0 Å². The number of nitrogens with one attached hydrogen (secondary N) is 1. The van der Waals surface area contributed by atoms with E-state index in [9.17, 15) is 4.79 Å². The molecule has 0 aliphatic heterocycles. The Morgan fingerprint density at radius 2 is 2.22 bits per heavy atom. The molecular weight excluding hydrogens is 232 g/mol. The molecule has 1 amide bonds. The number of aromatic amines is 1. The van der Waals surface area contributed by atoms with E-state index >= 15 is 0 Å². The quantitative estimate of drug-likeness (QED) is 0.817. The summed E-state index contributed by atoms with van der Waals surface area (Å²) >= 11 is 0. The van der Waals surface area contributed by atoms with Crippen molar-refractivity contribution in [3.8, 4) is 6.07 Å². The Morgan fingerprint density at radius 1 is 1.50 bits per heavy atom. The van der Waals surface area contributed by atoms with Crippen LogP contribution in [-0.4, -0.2) is 47.8 Å². The zero-order valence-corrected chi connectivity index (χ0v) is 11.0. The highest BCUT2D eigenvalue weighted by Gasteiger charge is 2.21. The molecule has 1 rings (SSSR count). The molecule has 0 unspecified atom stereocenters. The van der Waals surface area contributed by atoms with E-state index in [1.165, 1.54) is 0 Å². The molecule has 0 atom stereocenters. The van der Waals surface area contributed by atoms with Crippen LogP contribution in [0.5, 0.6) is 0 Å². The monoisotopic (exact) mass is 250 g/mol. The second-order valence-corrected chi connectivity index (χ2v) is 4.00. The molecule has 0 radical (unpaired) electrons. The van der Waals surface area contributed by atoms with Gasteiger partial charge in [-0.2, -0.15) is 10.4 Å². The molecule has 6 heteroatoms. The van der Waals surface area contributed by atoms with E-state index in [4.69, 9.17) is 10.00 Å². The van der Waals surface area contributed by atoms with Crippen molar-refractivity contribution < 1.29 is 9.53 Å². The topological polar surface area (TPSA) is 82.0 Å². The van der Waals surface area contributed by atoms with Gasteiger partial charge in [-0.25, -0.2) is 0 Å². The van der Waals surface area contributed by atoms with E-state index in [2.05, 4.69) is 10.2 Å². The highest BCUT2D eigenvalue weighted by atomic mass is 16.5. The van der Waals surface area contributed by atoms with Crippen molar-refractivity contribution in [3.63, 3.8) is 0 Å². The molecule has 18 heavy (non-hydrogen) atoms. The number of aryl methyl sites for hydroxylation is 2. The number of nitrogens with zero attached hydrogens (tertiary/aromatic N) is 3. The summed E-state index contributed by atoms with van der Waals surface area (Å²) in [6.45, 7) is 4.93. The van der Waals surface area contributed by atoms with Crippen LogP contribution in [0, 0.1) is 25.2 Å². The average molecular weight is 250 g/mol. The van der Waals surface area contributed by atoms with E-state index in [1.807, 2.05) is 13.0 Å². The second kappa shape index (κ2) is 6.77. The summed E-state index contributed by atoms with van der Waals surface area (Å²) in [7, 11) is 1.58. The molecule has 0 saturated heterocycles. The third-order valence-electron chi connectivity index (χ3n) is 2.69. The van der Waals surface area contributed by atoms with Crippen molar-refractivity contribution >= 4 is 5.91 Å². The third kappa shape index (κ3) is 3.31. The molecule has 98 valence electrons. The van der Waals surface area contributed by atoms with Crippen LogP contribution in [0.25, 0.3) is 0 Å². The minimum absolute atomic E-state index is 0.106. The first-order valence-electron chi connectivity index (χ1n) is 5.78. The van der Waals surface area contributed by atoms with Crippen molar-refractivity contribution in [2.24, 2.45) is 0 Å². The molecule has 0 aromatic carbocycles. The van der Waals surface area contributed by atoms with Gasteiger partial charge in [-0.05, 0) is 13.8 Å². The maximum Gasteiger partial charge on any atom is 0.257 e. The number of nitriles is 1. The zero-order valence-electron chi connectivity index (χ0n) is 11.0. The highest BCUT2D eigenvalue weighted by molar-refractivity contribution is 5.96. The summed E-state index contributed by atoms with van der Waals surface area (Å²) in [6, 6.07) is 2.05. The minimum Gasteiger partial charge on any atom is -0.383 e. The van der Waals surface area contributed by atoms with Gasteiger partial charge in [0.1, 0.15) is 0 Å².